The van der Waals surface area contributed by atoms with Gasteiger partial charge in [-0.2, -0.15) is 4.39 Å². The SMILES string of the molecule is CC[C@@H](Oc1ccc(C(=O)NS(=O)(=O)c2ccc(OCCN(C)C)cc2)c(F)c1F)c1cc(OCC2CC2)ccn1. The lowest BCUT2D eigenvalue weighted by atomic mass is 10.1. The van der Waals surface area contributed by atoms with Crippen molar-refractivity contribution in [1.82, 2.24) is 14.6 Å². The van der Waals surface area contributed by atoms with E-state index in [2.05, 4.69) is 4.98 Å². The molecule has 3 aromatic rings. The number of carbonyl (C=O) groups excluding carboxylic acids is 1. The van der Waals surface area contributed by atoms with E-state index in [-0.39, 0.29) is 4.90 Å². The second kappa shape index (κ2) is 13.3. The number of hydrogen-bond acceptors (Lipinski definition) is 8. The monoisotopic (exact) mass is 589 g/mol. The van der Waals surface area contributed by atoms with Crippen LogP contribution in [0.25, 0.3) is 0 Å². The standard InChI is InChI=1S/C29H33F2N3O6S/c1-4-25(24-17-21(13-14-32-24)39-18-19-5-6-19)40-26-12-11-23(27(30)28(26)31)29(35)33-41(36,37)22-9-7-20(8-10-22)38-16-15-34(2)3/h7-14,17,19,25H,4-6,15-16,18H2,1-3H3,(H,33,35)/t25-/m1/s1. The molecule has 1 heterocycles. The highest BCUT2D eigenvalue weighted by Gasteiger charge is 2.26. The summed E-state index contributed by atoms with van der Waals surface area (Å²) in [4.78, 5) is 18.6. The maximum absolute atomic E-state index is 15.0. The van der Waals surface area contributed by atoms with E-state index in [4.69, 9.17) is 14.2 Å². The van der Waals surface area contributed by atoms with Crippen LogP contribution in [0.5, 0.6) is 17.2 Å². The van der Waals surface area contributed by atoms with Gasteiger partial charge in [-0.05, 0) is 81.7 Å². The number of pyridine rings is 1. The predicted octanol–water partition coefficient (Wildman–Crippen LogP) is 4.74. The summed E-state index contributed by atoms with van der Waals surface area (Å²) in [6.07, 6.45) is 3.51. The lowest BCUT2D eigenvalue weighted by molar-refractivity contribution is 0.0976. The molecular weight excluding hydrogens is 556 g/mol. The molecule has 1 atom stereocenters. The third-order valence-corrected chi connectivity index (χ3v) is 7.71. The van der Waals surface area contributed by atoms with Gasteiger partial charge < -0.3 is 19.1 Å². The average molecular weight is 590 g/mol. The van der Waals surface area contributed by atoms with Gasteiger partial charge in [0, 0.05) is 18.8 Å². The van der Waals surface area contributed by atoms with Crippen LogP contribution in [0.4, 0.5) is 8.78 Å². The Labute approximate surface area is 238 Å². The van der Waals surface area contributed by atoms with Crippen molar-refractivity contribution in [3.63, 3.8) is 0 Å². The van der Waals surface area contributed by atoms with Gasteiger partial charge in [-0.1, -0.05) is 6.92 Å². The summed E-state index contributed by atoms with van der Waals surface area (Å²) in [5.74, 6) is -3.11. The molecule has 220 valence electrons. The van der Waals surface area contributed by atoms with Crippen LogP contribution in [0.2, 0.25) is 0 Å². The zero-order chi connectivity index (χ0) is 29.6. The molecule has 0 saturated heterocycles. The molecule has 1 aliphatic rings. The normalized spacial score (nSPS) is 14.0. The quantitative estimate of drug-likeness (QED) is 0.288. The minimum absolute atomic E-state index is 0.242. The van der Waals surface area contributed by atoms with Crippen LogP contribution in [0.1, 0.15) is 48.3 Å². The van der Waals surface area contributed by atoms with Gasteiger partial charge in [0.25, 0.3) is 15.9 Å². The minimum atomic E-state index is -4.37. The van der Waals surface area contributed by atoms with Gasteiger partial charge in [-0.25, -0.2) is 17.5 Å². The first-order valence-corrected chi connectivity index (χ1v) is 14.7. The van der Waals surface area contributed by atoms with Crippen molar-refractivity contribution in [3.8, 4) is 17.2 Å². The lowest BCUT2D eigenvalue weighted by Crippen LogP contribution is -2.31. The Hall–Kier alpha value is -3.77. The lowest BCUT2D eigenvalue weighted by Gasteiger charge is -2.19. The fraction of sp³-hybridized carbons (Fsp3) is 0.379. The molecule has 0 bridgehead atoms. The molecule has 1 amide bonds. The van der Waals surface area contributed by atoms with Gasteiger partial charge in [0.2, 0.25) is 5.82 Å². The van der Waals surface area contributed by atoms with Crippen molar-refractivity contribution < 1.29 is 36.2 Å². The molecule has 1 fully saturated rings. The molecule has 0 aliphatic heterocycles. The summed E-state index contributed by atoms with van der Waals surface area (Å²) in [6, 6.07) is 10.8. The Morgan fingerprint density at radius 3 is 2.44 bits per heavy atom. The molecule has 0 spiro atoms. The predicted molar refractivity (Wildman–Crippen MR) is 148 cm³/mol. The number of ether oxygens (including phenoxy) is 3. The first-order valence-electron chi connectivity index (χ1n) is 13.3. The molecule has 0 unspecified atom stereocenters. The van der Waals surface area contributed by atoms with E-state index in [0.717, 1.165) is 25.0 Å². The van der Waals surface area contributed by atoms with Crippen molar-refractivity contribution in [2.24, 2.45) is 5.92 Å². The van der Waals surface area contributed by atoms with Crippen LogP contribution in [0.3, 0.4) is 0 Å². The molecular formula is C29H33F2N3O6S. The summed E-state index contributed by atoms with van der Waals surface area (Å²) >= 11 is 0. The van der Waals surface area contributed by atoms with Gasteiger partial charge in [0.05, 0.1) is 22.8 Å². The maximum Gasteiger partial charge on any atom is 0.268 e. The topological polar surface area (TPSA) is 107 Å². The van der Waals surface area contributed by atoms with Gasteiger partial charge in [-0.3, -0.25) is 9.78 Å². The highest BCUT2D eigenvalue weighted by atomic mass is 32.2. The molecule has 1 aliphatic carbocycles. The van der Waals surface area contributed by atoms with E-state index in [0.29, 0.717) is 49.3 Å². The van der Waals surface area contributed by atoms with Crippen molar-refractivity contribution in [1.29, 1.82) is 0 Å². The number of halogens is 2. The minimum Gasteiger partial charge on any atom is -0.493 e. The van der Waals surface area contributed by atoms with E-state index in [1.807, 2.05) is 19.0 Å². The molecule has 41 heavy (non-hydrogen) atoms. The van der Waals surface area contributed by atoms with Crippen molar-refractivity contribution in [2.75, 3.05) is 33.9 Å². The molecule has 1 saturated carbocycles. The Balaban J connectivity index is 1.42. The number of amides is 1. The van der Waals surface area contributed by atoms with E-state index in [1.54, 1.807) is 30.0 Å². The fourth-order valence-electron chi connectivity index (χ4n) is 3.79. The second-order valence-corrected chi connectivity index (χ2v) is 11.7. The van der Waals surface area contributed by atoms with E-state index >= 15 is 0 Å². The third-order valence-electron chi connectivity index (χ3n) is 6.36. The summed E-state index contributed by atoms with van der Waals surface area (Å²) in [7, 11) is -0.589. The number of nitrogens with one attached hydrogen (secondary N) is 1. The van der Waals surface area contributed by atoms with Crippen molar-refractivity contribution >= 4 is 15.9 Å². The number of sulfonamides is 1. The number of carbonyl (C=O) groups is 1. The van der Waals surface area contributed by atoms with Crippen molar-refractivity contribution in [2.45, 2.75) is 37.2 Å². The zero-order valence-corrected chi connectivity index (χ0v) is 23.9. The summed E-state index contributed by atoms with van der Waals surface area (Å²) in [5.41, 5.74) is -0.314. The number of nitrogens with zero attached hydrogens (tertiary/aromatic N) is 2. The Kier molecular flexibility index (Phi) is 9.77. The largest absolute Gasteiger partial charge is 0.493 e. The zero-order valence-electron chi connectivity index (χ0n) is 23.1. The van der Waals surface area contributed by atoms with Gasteiger partial charge in [0.1, 0.15) is 24.2 Å². The Morgan fingerprint density at radius 1 is 1.05 bits per heavy atom. The smallest absolute Gasteiger partial charge is 0.268 e. The van der Waals surface area contributed by atoms with Crippen LogP contribution in [0.15, 0.2) is 59.6 Å². The molecule has 1 N–H and O–H groups in total. The van der Waals surface area contributed by atoms with E-state index in [9.17, 15) is 22.0 Å². The maximum atomic E-state index is 15.0. The Bertz CT molecular complexity index is 1460. The molecule has 0 radical (unpaired) electrons. The first kappa shape index (κ1) is 30.2. The molecule has 12 heteroatoms. The number of rotatable bonds is 14. The number of aromatic nitrogens is 1. The third kappa shape index (κ3) is 8.14. The average Bonchev–Trinajstić information content (AvgIpc) is 3.77. The van der Waals surface area contributed by atoms with Crippen LogP contribution < -0.4 is 18.9 Å². The van der Waals surface area contributed by atoms with Crippen LogP contribution in [-0.2, 0) is 10.0 Å². The summed E-state index contributed by atoms with van der Waals surface area (Å²) < 4.78 is 74.2. The number of benzene rings is 2. The Morgan fingerprint density at radius 2 is 1.78 bits per heavy atom. The summed E-state index contributed by atoms with van der Waals surface area (Å²) in [6.45, 7) is 3.47. The number of likely N-dealkylation sites (N-methyl/N-ethyl adjacent to an activating group) is 1. The highest BCUT2D eigenvalue weighted by Crippen LogP contribution is 2.32. The second-order valence-electron chi connectivity index (χ2n) is 9.98. The van der Waals surface area contributed by atoms with E-state index in [1.165, 1.54) is 24.3 Å². The van der Waals surface area contributed by atoms with Gasteiger partial charge >= 0.3 is 0 Å². The number of hydrogen-bond donors (Lipinski definition) is 1. The van der Waals surface area contributed by atoms with Gasteiger partial charge in [0.15, 0.2) is 11.6 Å². The molecule has 9 nitrogen and oxygen atoms in total. The molecule has 4 rings (SSSR count). The van der Waals surface area contributed by atoms with Crippen molar-refractivity contribution in [3.05, 3.63) is 77.6 Å². The fourth-order valence-corrected chi connectivity index (χ4v) is 4.76. The van der Waals surface area contributed by atoms with Crippen LogP contribution >= 0.6 is 0 Å². The molecule has 1 aromatic heterocycles. The summed E-state index contributed by atoms with van der Waals surface area (Å²) in [5, 5.41) is 0. The van der Waals surface area contributed by atoms with Gasteiger partial charge in [-0.15, -0.1) is 0 Å². The van der Waals surface area contributed by atoms with Crippen LogP contribution in [-0.4, -0.2) is 58.1 Å². The first-order chi connectivity index (χ1) is 19.6. The van der Waals surface area contributed by atoms with Crippen LogP contribution in [0, 0.1) is 17.6 Å². The van der Waals surface area contributed by atoms with E-state index < -0.39 is 45.0 Å². The highest BCUT2D eigenvalue weighted by molar-refractivity contribution is 7.90. The molecule has 2 aromatic carbocycles.